The van der Waals surface area contributed by atoms with Gasteiger partial charge in [0.15, 0.2) is 5.78 Å². The monoisotopic (exact) mass is 258 g/mol. The highest BCUT2D eigenvalue weighted by atomic mass is 79.9. The maximum atomic E-state index is 11.2. The predicted molar refractivity (Wildman–Crippen MR) is 56.8 cm³/mol. The molecule has 3 nitrogen and oxygen atoms in total. The zero-order chi connectivity index (χ0) is 10.6. The number of Topliss-reactive ketones (excluding diaryl/α,β-unsaturated/α-hetero) is 1. The van der Waals surface area contributed by atoms with Crippen LogP contribution in [0.3, 0.4) is 0 Å². The molecule has 0 aromatic heterocycles. The summed E-state index contributed by atoms with van der Waals surface area (Å²) in [6, 6.07) is 7.04. The number of rotatable bonds is 4. The summed E-state index contributed by atoms with van der Waals surface area (Å²) in [5.41, 5.74) is 0.550. The Kier molecular flexibility index (Phi) is 4.10. The van der Waals surface area contributed by atoms with E-state index in [9.17, 15) is 4.79 Å². The second-order valence-corrected chi connectivity index (χ2v) is 3.43. The first-order chi connectivity index (χ1) is 6.65. The molecule has 0 radical (unpaired) electrons. The summed E-state index contributed by atoms with van der Waals surface area (Å²) in [5, 5.41) is -0.539. The molecule has 0 aliphatic rings. The molecule has 1 aromatic rings. The van der Waals surface area contributed by atoms with Gasteiger partial charge in [-0.3, -0.25) is 4.79 Å². The summed E-state index contributed by atoms with van der Waals surface area (Å²) in [6.45, 7) is 1.50. The molecule has 0 N–H and O–H groups in total. The van der Waals surface area contributed by atoms with Crippen molar-refractivity contribution in [1.29, 1.82) is 0 Å². The molecule has 0 saturated heterocycles. The van der Waals surface area contributed by atoms with E-state index in [4.69, 9.17) is 9.47 Å². The SMILES string of the molecule is COC(Br)Oc1ccccc1C(C)=O. The first kappa shape index (κ1) is 11.2. The summed E-state index contributed by atoms with van der Waals surface area (Å²) in [4.78, 5) is 11.2. The lowest BCUT2D eigenvalue weighted by atomic mass is 10.1. The van der Waals surface area contributed by atoms with Gasteiger partial charge in [-0.25, -0.2) is 0 Å². The zero-order valence-corrected chi connectivity index (χ0v) is 9.58. The molecule has 1 atom stereocenters. The number of benzene rings is 1. The van der Waals surface area contributed by atoms with Crippen LogP contribution in [0.4, 0.5) is 0 Å². The molecule has 1 unspecified atom stereocenters. The van der Waals surface area contributed by atoms with Crippen molar-refractivity contribution in [2.75, 3.05) is 7.11 Å². The number of methoxy groups -OCH3 is 1. The fraction of sp³-hybridized carbons (Fsp3) is 0.300. The predicted octanol–water partition coefficient (Wildman–Crippen LogP) is 2.59. The van der Waals surface area contributed by atoms with Gasteiger partial charge in [-0.15, -0.1) is 0 Å². The molecule has 0 bridgehead atoms. The van der Waals surface area contributed by atoms with E-state index >= 15 is 0 Å². The average Bonchev–Trinajstić information content (AvgIpc) is 2.18. The summed E-state index contributed by atoms with van der Waals surface area (Å²) in [5.74, 6) is 0.486. The van der Waals surface area contributed by atoms with E-state index in [0.717, 1.165) is 0 Å². The van der Waals surface area contributed by atoms with E-state index < -0.39 is 5.20 Å². The Morgan fingerprint density at radius 3 is 2.64 bits per heavy atom. The van der Waals surface area contributed by atoms with Crippen LogP contribution >= 0.6 is 15.9 Å². The standard InChI is InChI=1S/C10H11BrO3/c1-7(12)8-5-3-4-6-9(8)14-10(11)13-2/h3-6,10H,1-2H3. The van der Waals surface area contributed by atoms with Crippen LogP contribution in [-0.2, 0) is 4.74 Å². The molecular formula is C10H11BrO3. The molecular weight excluding hydrogens is 248 g/mol. The number of carbonyl (C=O) groups is 1. The first-order valence-electron chi connectivity index (χ1n) is 4.08. The highest BCUT2D eigenvalue weighted by molar-refractivity contribution is 9.09. The van der Waals surface area contributed by atoms with E-state index in [1.165, 1.54) is 14.0 Å². The highest BCUT2D eigenvalue weighted by Gasteiger charge is 2.10. The molecule has 0 saturated carbocycles. The van der Waals surface area contributed by atoms with E-state index in [0.29, 0.717) is 11.3 Å². The quantitative estimate of drug-likeness (QED) is 0.473. The summed E-state index contributed by atoms with van der Waals surface area (Å²) in [6.07, 6.45) is 0. The summed E-state index contributed by atoms with van der Waals surface area (Å²) in [7, 11) is 1.51. The molecule has 1 aromatic carbocycles. The van der Waals surface area contributed by atoms with Gasteiger partial charge < -0.3 is 9.47 Å². The van der Waals surface area contributed by atoms with Crippen molar-refractivity contribution in [2.45, 2.75) is 12.1 Å². The molecule has 0 fully saturated rings. The molecule has 1 rings (SSSR count). The minimum atomic E-state index is -0.539. The third-order valence-electron chi connectivity index (χ3n) is 1.67. The van der Waals surface area contributed by atoms with E-state index in [2.05, 4.69) is 15.9 Å². The Bertz CT molecular complexity index is 325. The second-order valence-electron chi connectivity index (χ2n) is 2.68. The number of hydrogen-bond donors (Lipinski definition) is 0. The number of hydrogen-bond acceptors (Lipinski definition) is 3. The Labute approximate surface area is 91.1 Å². The van der Waals surface area contributed by atoms with Crippen LogP contribution in [0.25, 0.3) is 0 Å². The van der Waals surface area contributed by atoms with Gasteiger partial charge in [-0.2, -0.15) is 0 Å². The van der Waals surface area contributed by atoms with Crippen LogP contribution in [0.2, 0.25) is 0 Å². The van der Waals surface area contributed by atoms with Gasteiger partial charge in [0, 0.05) is 7.11 Å². The van der Waals surface area contributed by atoms with Gasteiger partial charge in [0.05, 0.1) is 5.56 Å². The molecule has 0 spiro atoms. The van der Waals surface area contributed by atoms with Crippen LogP contribution in [0.5, 0.6) is 5.75 Å². The molecule has 4 heteroatoms. The van der Waals surface area contributed by atoms with Gasteiger partial charge in [-0.1, -0.05) is 12.1 Å². The summed E-state index contributed by atoms with van der Waals surface area (Å²) < 4.78 is 10.2. The van der Waals surface area contributed by atoms with Crippen LogP contribution in [0.1, 0.15) is 17.3 Å². The number of halogens is 1. The third-order valence-corrected chi connectivity index (χ3v) is 2.23. The molecule has 0 aliphatic carbocycles. The fourth-order valence-electron chi connectivity index (χ4n) is 1.01. The van der Waals surface area contributed by atoms with E-state index in [-0.39, 0.29) is 5.78 Å². The lowest BCUT2D eigenvalue weighted by molar-refractivity contribution is 0.0237. The van der Waals surface area contributed by atoms with Crippen molar-refractivity contribution in [2.24, 2.45) is 0 Å². The Hall–Kier alpha value is -0.870. The maximum absolute atomic E-state index is 11.2. The lowest BCUT2D eigenvalue weighted by Crippen LogP contribution is -2.12. The van der Waals surface area contributed by atoms with Crippen LogP contribution in [0.15, 0.2) is 24.3 Å². The van der Waals surface area contributed by atoms with Crippen LogP contribution in [0, 0.1) is 0 Å². The van der Waals surface area contributed by atoms with Gasteiger partial charge in [0.2, 0.25) is 0 Å². The van der Waals surface area contributed by atoms with E-state index in [1.807, 2.05) is 0 Å². The summed E-state index contributed by atoms with van der Waals surface area (Å²) >= 11 is 3.14. The van der Waals surface area contributed by atoms with Gasteiger partial charge >= 0.3 is 0 Å². The number of alkyl halides is 1. The topological polar surface area (TPSA) is 35.5 Å². The van der Waals surface area contributed by atoms with Crippen molar-refractivity contribution in [1.82, 2.24) is 0 Å². The van der Waals surface area contributed by atoms with Crippen LogP contribution < -0.4 is 4.74 Å². The minimum Gasteiger partial charge on any atom is -0.454 e. The van der Waals surface area contributed by atoms with Crippen LogP contribution in [-0.4, -0.2) is 18.1 Å². The van der Waals surface area contributed by atoms with Gasteiger partial charge in [-0.05, 0) is 35.0 Å². The minimum absolute atomic E-state index is 0.0311. The fourth-order valence-corrected chi connectivity index (χ4v) is 1.21. The van der Waals surface area contributed by atoms with E-state index in [1.54, 1.807) is 24.3 Å². The average molecular weight is 259 g/mol. The van der Waals surface area contributed by atoms with Crippen molar-refractivity contribution >= 4 is 21.7 Å². The molecule has 0 heterocycles. The van der Waals surface area contributed by atoms with Crippen molar-refractivity contribution in [3.63, 3.8) is 0 Å². The molecule has 14 heavy (non-hydrogen) atoms. The van der Waals surface area contributed by atoms with Crippen molar-refractivity contribution in [3.05, 3.63) is 29.8 Å². The normalized spacial score (nSPS) is 12.2. The van der Waals surface area contributed by atoms with Gasteiger partial charge in [0.1, 0.15) is 5.75 Å². The zero-order valence-electron chi connectivity index (χ0n) is 7.99. The molecule has 0 aliphatic heterocycles. The Balaban J connectivity index is 2.90. The third kappa shape index (κ3) is 2.82. The van der Waals surface area contributed by atoms with Gasteiger partial charge in [0.25, 0.3) is 5.20 Å². The molecule has 76 valence electrons. The smallest absolute Gasteiger partial charge is 0.257 e. The Morgan fingerprint density at radius 1 is 1.43 bits per heavy atom. The number of carbonyl (C=O) groups excluding carboxylic acids is 1. The molecule has 0 amide bonds. The second kappa shape index (κ2) is 5.12. The maximum Gasteiger partial charge on any atom is 0.257 e. The van der Waals surface area contributed by atoms with Crippen molar-refractivity contribution in [3.8, 4) is 5.75 Å². The number of ketones is 1. The van der Waals surface area contributed by atoms with Crippen molar-refractivity contribution < 1.29 is 14.3 Å². The largest absolute Gasteiger partial charge is 0.454 e. The first-order valence-corrected chi connectivity index (χ1v) is 5.00. The number of para-hydroxylation sites is 1. The highest BCUT2D eigenvalue weighted by Crippen LogP contribution is 2.21. The lowest BCUT2D eigenvalue weighted by Gasteiger charge is -2.13. The number of ether oxygens (including phenoxy) is 2. The Morgan fingerprint density at radius 2 is 2.07 bits per heavy atom.